The molecule has 0 N–H and O–H groups in total. The lowest BCUT2D eigenvalue weighted by molar-refractivity contribution is 0.0572. The number of hydrogen-bond acceptors (Lipinski definition) is 2. The highest BCUT2D eigenvalue weighted by atomic mass is 79.9. The van der Waals surface area contributed by atoms with Crippen molar-refractivity contribution in [3.8, 4) is 0 Å². The van der Waals surface area contributed by atoms with E-state index in [2.05, 4.69) is 15.9 Å². The minimum atomic E-state index is -2.60. The second-order valence-corrected chi connectivity index (χ2v) is 4.49. The summed E-state index contributed by atoms with van der Waals surface area (Å²) in [5.74, 6) is -0.563. The lowest BCUT2D eigenvalue weighted by Crippen LogP contribution is -2.37. The Hall–Kier alpha value is -1.24. The van der Waals surface area contributed by atoms with Crippen LogP contribution in [0.2, 0.25) is 0 Å². The molecule has 1 aromatic heterocycles. The standard InChI is InChI=1S/C11H13BrF2N2O2/c1-15-4-2-8(6-10(15)17)11(18)16(5-3-12)7-9(13)14/h2,4,6,9H,3,5,7H2,1H3. The Kier molecular flexibility index (Phi) is 5.46. The number of hydrogen-bond donors (Lipinski definition) is 0. The van der Waals surface area contributed by atoms with Crippen LogP contribution in [0, 0.1) is 0 Å². The number of aromatic nitrogens is 1. The topological polar surface area (TPSA) is 42.3 Å². The summed E-state index contributed by atoms with van der Waals surface area (Å²) in [6.07, 6.45) is -1.16. The van der Waals surface area contributed by atoms with Gasteiger partial charge in [0.05, 0.1) is 6.54 Å². The number of alkyl halides is 3. The first-order chi connectivity index (χ1) is 8.45. The fourth-order valence-electron chi connectivity index (χ4n) is 1.41. The quantitative estimate of drug-likeness (QED) is 0.771. The molecule has 0 aliphatic rings. The highest BCUT2D eigenvalue weighted by Crippen LogP contribution is 2.06. The summed E-state index contributed by atoms with van der Waals surface area (Å²) in [6, 6.07) is 2.59. The SMILES string of the molecule is Cn1ccc(C(=O)N(CCBr)CC(F)F)cc1=O. The van der Waals surface area contributed by atoms with E-state index < -0.39 is 18.9 Å². The second-order valence-electron chi connectivity index (χ2n) is 3.70. The average Bonchev–Trinajstić information content (AvgIpc) is 2.31. The number of aryl methyl sites for hydroxylation is 1. The van der Waals surface area contributed by atoms with E-state index in [1.807, 2.05) is 0 Å². The number of carbonyl (C=O) groups is 1. The molecule has 0 radical (unpaired) electrons. The van der Waals surface area contributed by atoms with Gasteiger partial charge in [0.15, 0.2) is 0 Å². The molecular weight excluding hydrogens is 310 g/mol. The third kappa shape index (κ3) is 3.90. The predicted molar refractivity (Wildman–Crippen MR) is 67.4 cm³/mol. The molecule has 7 heteroatoms. The van der Waals surface area contributed by atoms with E-state index in [4.69, 9.17) is 0 Å². The highest BCUT2D eigenvalue weighted by molar-refractivity contribution is 9.09. The maximum absolute atomic E-state index is 12.4. The lowest BCUT2D eigenvalue weighted by atomic mass is 10.2. The average molecular weight is 323 g/mol. The van der Waals surface area contributed by atoms with E-state index in [1.165, 1.54) is 16.8 Å². The maximum atomic E-state index is 12.4. The molecule has 0 aliphatic carbocycles. The number of nitrogens with zero attached hydrogens (tertiary/aromatic N) is 2. The summed E-state index contributed by atoms with van der Waals surface area (Å²) < 4.78 is 26.0. The van der Waals surface area contributed by atoms with E-state index in [9.17, 15) is 18.4 Å². The fourth-order valence-corrected chi connectivity index (χ4v) is 1.84. The van der Waals surface area contributed by atoms with Crippen LogP contribution in [0.3, 0.4) is 0 Å². The summed E-state index contributed by atoms with van der Waals surface area (Å²) in [7, 11) is 1.55. The number of pyridine rings is 1. The van der Waals surface area contributed by atoms with Gasteiger partial charge in [-0.15, -0.1) is 0 Å². The van der Waals surface area contributed by atoms with Gasteiger partial charge in [0.2, 0.25) is 0 Å². The lowest BCUT2D eigenvalue weighted by Gasteiger charge is -2.21. The van der Waals surface area contributed by atoms with Crippen molar-refractivity contribution >= 4 is 21.8 Å². The first-order valence-electron chi connectivity index (χ1n) is 5.25. The maximum Gasteiger partial charge on any atom is 0.255 e. The summed E-state index contributed by atoms with van der Waals surface area (Å²) in [6.45, 7) is -0.474. The molecule has 1 rings (SSSR count). The van der Waals surface area contributed by atoms with Gasteiger partial charge in [-0.3, -0.25) is 9.59 Å². The summed E-state index contributed by atoms with van der Waals surface area (Å²) in [5, 5.41) is 0.399. The zero-order valence-corrected chi connectivity index (χ0v) is 11.4. The molecule has 0 unspecified atom stereocenters. The normalized spacial score (nSPS) is 10.7. The Morgan fingerprint density at radius 3 is 2.72 bits per heavy atom. The Bertz CT molecular complexity index is 476. The Balaban J connectivity index is 2.94. The van der Waals surface area contributed by atoms with Crippen LogP contribution < -0.4 is 5.56 Å². The van der Waals surface area contributed by atoms with Crippen molar-refractivity contribution in [3.05, 3.63) is 34.2 Å². The van der Waals surface area contributed by atoms with Crippen molar-refractivity contribution in [2.45, 2.75) is 6.43 Å². The number of amides is 1. The van der Waals surface area contributed by atoms with Crippen LogP contribution in [0.4, 0.5) is 8.78 Å². The molecular formula is C11H13BrF2N2O2. The summed E-state index contributed by atoms with van der Waals surface area (Å²) in [4.78, 5) is 24.4. The number of rotatable bonds is 5. The molecule has 100 valence electrons. The van der Waals surface area contributed by atoms with Crippen molar-refractivity contribution < 1.29 is 13.6 Å². The number of halogens is 3. The van der Waals surface area contributed by atoms with Gasteiger partial charge in [-0.1, -0.05) is 15.9 Å². The third-order valence-electron chi connectivity index (χ3n) is 2.35. The van der Waals surface area contributed by atoms with E-state index >= 15 is 0 Å². The Morgan fingerprint density at radius 2 is 2.22 bits per heavy atom. The van der Waals surface area contributed by atoms with E-state index in [0.717, 1.165) is 11.0 Å². The molecule has 1 heterocycles. The zero-order valence-electron chi connectivity index (χ0n) is 9.78. The molecule has 0 saturated heterocycles. The number of carbonyl (C=O) groups excluding carboxylic acids is 1. The predicted octanol–water partition coefficient (Wildman–Crippen LogP) is 1.49. The van der Waals surface area contributed by atoms with Crippen LogP contribution in [0.15, 0.2) is 23.1 Å². The van der Waals surface area contributed by atoms with Gasteiger partial charge in [0, 0.05) is 36.7 Å². The molecule has 0 atom stereocenters. The molecule has 0 aromatic carbocycles. The van der Waals surface area contributed by atoms with Gasteiger partial charge in [-0.25, -0.2) is 8.78 Å². The molecule has 0 bridgehead atoms. The molecule has 0 spiro atoms. The van der Waals surface area contributed by atoms with Crippen LogP contribution >= 0.6 is 15.9 Å². The van der Waals surface area contributed by atoms with Crippen molar-refractivity contribution in [1.82, 2.24) is 9.47 Å². The largest absolute Gasteiger partial charge is 0.332 e. The Labute approximate surface area is 111 Å². The molecule has 4 nitrogen and oxygen atoms in total. The van der Waals surface area contributed by atoms with Gasteiger partial charge in [-0.05, 0) is 6.07 Å². The van der Waals surface area contributed by atoms with Gasteiger partial charge < -0.3 is 9.47 Å². The first kappa shape index (κ1) is 14.8. The zero-order chi connectivity index (χ0) is 13.7. The monoisotopic (exact) mass is 322 g/mol. The first-order valence-corrected chi connectivity index (χ1v) is 6.38. The van der Waals surface area contributed by atoms with Gasteiger partial charge >= 0.3 is 0 Å². The van der Waals surface area contributed by atoms with Crippen molar-refractivity contribution in [1.29, 1.82) is 0 Å². The van der Waals surface area contributed by atoms with Crippen LogP contribution in [-0.2, 0) is 7.05 Å². The molecule has 0 fully saturated rings. The molecule has 0 aliphatic heterocycles. The summed E-state index contributed by atoms with van der Waals surface area (Å²) >= 11 is 3.10. The van der Waals surface area contributed by atoms with Gasteiger partial charge in [-0.2, -0.15) is 0 Å². The summed E-state index contributed by atoms with van der Waals surface area (Å²) in [5.41, 5.74) is -0.226. The van der Waals surface area contributed by atoms with Crippen LogP contribution in [0.1, 0.15) is 10.4 Å². The van der Waals surface area contributed by atoms with Crippen molar-refractivity contribution in [3.63, 3.8) is 0 Å². The molecule has 0 saturated carbocycles. The van der Waals surface area contributed by atoms with Crippen LogP contribution in [0.25, 0.3) is 0 Å². The molecule has 18 heavy (non-hydrogen) atoms. The smallest absolute Gasteiger partial charge is 0.255 e. The van der Waals surface area contributed by atoms with Gasteiger partial charge in [0.1, 0.15) is 0 Å². The third-order valence-corrected chi connectivity index (χ3v) is 2.71. The second kappa shape index (κ2) is 6.63. The van der Waals surface area contributed by atoms with Gasteiger partial charge in [0.25, 0.3) is 17.9 Å². The van der Waals surface area contributed by atoms with Crippen molar-refractivity contribution in [2.75, 3.05) is 18.4 Å². The molecule has 1 aromatic rings. The minimum Gasteiger partial charge on any atom is -0.332 e. The van der Waals surface area contributed by atoms with E-state index in [1.54, 1.807) is 7.05 Å². The van der Waals surface area contributed by atoms with E-state index in [0.29, 0.717) is 5.33 Å². The van der Waals surface area contributed by atoms with Crippen molar-refractivity contribution in [2.24, 2.45) is 7.05 Å². The van der Waals surface area contributed by atoms with E-state index in [-0.39, 0.29) is 17.7 Å². The highest BCUT2D eigenvalue weighted by Gasteiger charge is 2.19. The minimum absolute atomic E-state index is 0.125. The van der Waals surface area contributed by atoms with Crippen LogP contribution in [0.5, 0.6) is 0 Å². The Morgan fingerprint density at radius 1 is 1.56 bits per heavy atom. The van der Waals surface area contributed by atoms with Crippen LogP contribution in [-0.4, -0.2) is 40.2 Å². The fraction of sp³-hybridized carbons (Fsp3) is 0.455. The molecule has 1 amide bonds.